The monoisotopic (exact) mass is 363 g/mol. The Bertz CT molecular complexity index is 550. The lowest BCUT2D eigenvalue weighted by atomic mass is 10.0. The van der Waals surface area contributed by atoms with Crippen LogP contribution in [0.15, 0.2) is 36.7 Å². The Morgan fingerprint density at radius 3 is 2.76 bits per heavy atom. The SMILES string of the molecule is OC(c1ccc(I)c(Cl)c1)c1ccncc1F. The predicted octanol–water partition coefficient (Wildman–Crippen LogP) is 3.56. The summed E-state index contributed by atoms with van der Waals surface area (Å²) in [5.74, 6) is -0.533. The third-order valence-corrected chi connectivity index (χ3v) is 3.93. The molecule has 2 rings (SSSR count). The molecule has 1 aromatic heterocycles. The van der Waals surface area contributed by atoms with Crippen LogP contribution in [0.2, 0.25) is 5.02 Å². The van der Waals surface area contributed by atoms with Gasteiger partial charge in [0.15, 0.2) is 0 Å². The summed E-state index contributed by atoms with van der Waals surface area (Å²) < 4.78 is 14.3. The number of hydrogen-bond acceptors (Lipinski definition) is 2. The van der Waals surface area contributed by atoms with Crippen molar-refractivity contribution in [1.82, 2.24) is 4.98 Å². The lowest BCUT2D eigenvalue weighted by Gasteiger charge is -2.12. The smallest absolute Gasteiger partial charge is 0.147 e. The number of nitrogens with zero attached hydrogens (tertiary/aromatic N) is 1. The quantitative estimate of drug-likeness (QED) is 0.828. The Kier molecular flexibility index (Phi) is 3.96. The summed E-state index contributed by atoms with van der Waals surface area (Å²) in [6, 6.07) is 6.58. The van der Waals surface area contributed by atoms with Crippen LogP contribution in [-0.2, 0) is 0 Å². The molecule has 0 bridgehead atoms. The summed E-state index contributed by atoms with van der Waals surface area (Å²) in [5.41, 5.74) is 0.748. The number of aliphatic hydroxyl groups is 1. The highest BCUT2D eigenvalue weighted by atomic mass is 127. The Balaban J connectivity index is 2.40. The van der Waals surface area contributed by atoms with Gasteiger partial charge < -0.3 is 5.11 Å². The zero-order valence-corrected chi connectivity index (χ0v) is 11.5. The number of aromatic nitrogens is 1. The molecular formula is C12H8ClFINO. The summed E-state index contributed by atoms with van der Waals surface area (Å²) in [7, 11) is 0. The molecule has 0 radical (unpaired) electrons. The molecule has 1 atom stereocenters. The molecule has 0 aliphatic rings. The first-order valence-corrected chi connectivity index (χ1v) is 6.27. The van der Waals surface area contributed by atoms with E-state index in [0.717, 1.165) is 9.77 Å². The highest BCUT2D eigenvalue weighted by Crippen LogP contribution is 2.27. The minimum atomic E-state index is -1.03. The first-order chi connectivity index (χ1) is 8.09. The summed E-state index contributed by atoms with van der Waals surface area (Å²) in [4.78, 5) is 3.64. The summed E-state index contributed by atoms with van der Waals surface area (Å²) in [6.07, 6.45) is 1.48. The van der Waals surface area contributed by atoms with Gasteiger partial charge in [0.05, 0.1) is 11.2 Å². The van der Waals surface area contributed by atoms with Gasteiger partial charge in [-0.05, 0) is 46.4 Å². The van der Waals surface area contributed by atoms with Crippen molar-refractivity contribution in [2.45, 2.75) is 6.10 Å². The minimum Gasteiger partial charge on any atom is -0.384 e. The molecule has 0 fully saturated rings. The third-order valence-electron chi connectivity index (χ3n) is 2.36. The Morgan fingerprint density at radius 1 is 1.35 bits per heavy atom. The van der Waals surface area contributed by atoms with E-state index in [1.165, 1.54) is 12.3 Å². The van der Waals surface area contributed by atoms with Crippen molar-refractivity contribution in [1.29, 1.82) is 0 Å². The average Bonchev–Trinajstić information content (AvgIpc) is 2.32. The maximum atomic E-state index is 13.4. The van der Waals surface area contributed by atoms with Gasteiger partial charge in [0.2, 0.25) is 0 Å². The van der Waals surface area contributed by atoms with Gasteiger partial charge >= 0.3 is 0 Å². The number of benzene rings is 1. The van der Waals surface area contributed by atoms with Crippen molar-refractivity contribution in [2.75, 3.05) is 0 Å². The molecule has 5 heteroatoms. The van der Waals surface area contributed by atoms with E-state index >= 15 is 0 Å². The van der Waals surface area contributed by atoms with E-state index in [9.17, 15) is 9.50 Å². The van der Waals surface area contributed by atoms with E-state index < -0.39 is 11.9 Å². The lowest BCUT2D eigenvalue weighted by molar-refractivity contribution is 0.214. The van der Waals surface area contributed by atoms with Crippen LogP contribution < -0.4 is 0 Å². The molecule has 0 aliphatic carbocycles. The largest absolute Gasteiger partial charge is 0.384 e. The third kappa shape index (κ3) is 2.75. The average molecular weight is 364 g/mol. The molecule has 1 N–H and O–H groups in total. The van der Waals surface area contributed by atoms with E-state index in [1.54, 1.807) is 18.2 Å². The topological polar surface area (TPSA) is 33.1 Å². The Labute approximate surface area is 117 Å². The molecule has 88 valence electrons. The fraction of sp³-hybridized carbons (Fsp3) is 0.0833. The van der Waals surface area contributed by atoms with E-state index in [2.05, 4.69) is 27.6 Å². The fourth-order valence-corrected chi connectivity index (χ4v) is 1.99. The van der Waals surface area contributed by atoms with Gasteiger partial charge in [-0.15, -0.1) is 0 Å². The van der Waals surface area contributed by atoms with Gasteiger partial charge in [0.25, 0.3) is 0 Å². The highest BCUT2D eigenvalue weighted by molar-refractivity contribution is 14.1. The maximum Gasteiger partial charge on any atom is 0.147 e. The van der Waals surface area contributed by atoms with E-state index in [4.69, 9.17) is 11.6 Å². The van der Waals surface area contributed by atoms with Crippen molar-refractivity contribution < 1.29 is 9.50 Å². The highest BCUT2D eigenvalue weighted by Gasteiger charge is 2.15. The molecular weight excluding hydrogens is 355 g/mol. The molecule has 2 aromatic rings. The van der Waals surface area contributed by atoms with E-state index in [1.807, 2.05) is 0 Å². The van der Waals surface area contributed by atoms with E-state index in [-0.39, 0.29) is 5.56 Å². The first kappa shape index (κ1) is 12.7. The van der Waals surface area contributed by atoms with Crippen molar-refractivity contribution in [3.8, 4) is 0 Å². The van der Waals surface area contributed by atoms with Crippen LogP contribution in [0.1, 0.15) is 17.2 Å². The van der Waals surface area contributed by atoms with Crippen LogP contribution in [0.3, 0.4) is 0 Å². The van der Waals surface area contributed by atoms with Crippen LogP contribution in [0.4, 0.5) is 4.39 Å². The molecule has 0 saturated carbocycles. The summed E-state index contributed by atoms with van der Waals surface area (Å²) >= 11 is 8.05. The number of hydrogen-bond donors (Lipinski definition) is 1. The van der Waals surface area contributed by atoms with E-state index in [0.29, 0.717) is 10.6 Å². The number of pyridine rings is 1. The normalized spacial score (nSPS) is 12.5. The zero-order valence-electron chi connectivity index (χ0n) is 8.57. The fourth-order valence-electron chi connectivity index (χ4n) is 1.47. The summed E-state index contributed by atoms with van der Waals surface area (Å²) in [6.45, 7) is 0. The zero-order chi connectivity index (χ0) is 12.4. The van der Waals surface area contributed by atoms with Crippen LogP contribution in [0.5, 0.6) is 0 Å². The molecule has 0 amide bonds. The molecule has 17 heavy (non-hydrogen) atoms. The van der Waals surface area contributed by atoms with Gasteiger partial charge in [-0.25, -0.2) is 4.39 Å². The molecule has 1 unspecified atom stereocenters. The predicted molar refractivity (Wildman–Crippen MR) is 72.4 cm³/mol. The molecule has 0 aliphatic heterocycles. The van der Waals surface area contributed by atoms with Crippen LogP contribution >= 0.6 is 34.2 Å². The van der Waals surface area contributed by atoms with Crippen molar-refractivity contribution in [3.63, 3.8) is 0 Å². The molecule has 0 spiro atoms. The molecule has 1 aromatic carbocycles. The Morgan fingerprint density at radius 2 is 2.12 bits per heavy atom. The van der Waals surface area contributed by atoms with Crippen LogP contribution in [0, 0.1) is 9.39 Å². The van der Waals surface area contributed by atoms with Gasteiger partial charge in [0.1, 0.15) is 11.9 Å². The van der Waals surface area contributed by atoms with Crippen LogP contribution in [-0.4, -0.2) is 10.1 Å². The standard InChI is InChI=1S/C12H8ClFINO/c13-9-5-7(1-2-11(9)15)12(17)8-3-4-16-6-10(8)14/h1-6,12,17H. The second-order valence-electron chi connectivity index (χ2n) is 3.47. The second-order valence-corrected chi connectivity index (χ2v) is 5.04. The maximum absolute atomic E-state index is 13.4. The van der Waals surface area contributed by atoms with Crippen LogP contribution in [0.25, 0.3) is 0 Å². The number of halogens is 3. The van der Waals surface area contributed by atoms with Gasteiger partial charge in [-0.2, -0.15) is 0 Å². The summed E-state index contributed by atoms with van der Waals surface area (Å²) in [5, 5.41) is 10.6. The molecule has 2 nitrogen and oxygen atoms in total. The second kappa shape index (κ2) is 5.29. The number of aliphatic hydroxyl groups excluding tert-OH is 1. The van der Waals surface area contributed by atoms with Gasteiger partial charge in [-0.3, -0.25) is 4.98 Å². The number of rotatable bonds is 2. The van der Waals surface area contributed by atoms with Crippen molar-refractivity contribution in [2.24, 2.45) is 0 Å². The molecule has 1 heterocycles. The Hall–Kier alpha value is -0.720. The minimum absolute atomic E-state index is 0.192. The lowest BCUT2D eigenvalue weighted by Crippen LogP contribution is -2.03. The first-order valence-electron chi connectivity index (χ1n) is 4.82. The van der Waals surface area contributed by atoms with Gasteiger partial charge in [0, 0.05) is 15.3 Å². The van der Waals surface area contributed by atoms with Gasteiger partial charge in [-0.1, -0.05) is 17.7 Å². The molecule has 0 saturated heterocycles. The van der Waals surface area contributed by atoms with Crippen molar-refractivity contribution >= 4 is 34.2 Å². The van der Waals surface area contributed by atoms with Crippen molar-refractivity contribution in [3.05, 3.63) is 62.2 Å².